The van der Waals surface area contributed by atoms with Crippen molar-refractivity contribution < 1.29 is 14.4 Å². The van der Waals surface area contributed by atoms with Gasteiger partial charge in [-0.05, 0) is 0 Å². The molecule has 0 aliphatic heterocycles. The molecule has 0 aliphatic carbocycles. The van der Waals surface area contributed by atoms with Crippen molar-refractivity contribution in [2.75, 3.05) is 5.75 Å². The molecular weight excluding hydrogens is 270 g/mol. The first-order valence-electron chi connectivity index (χ1n) is 5.66. The third kappa shape index (κ3) is 3.31. The maximum Gasteiger partial charge on any atom is 0.313 e. The summed E-state index contributed by atoms with van der Waals surface area (Å²) < 4.78 is 6.71. The van der Waals surface area contributed by atoms with Gasteiger partial charge in [0.1, 0.15) is 5.82 Å². The van der Waals surface area contributed by atoms with E-state index in [1.54, 1.807) is 11.5 Å². The van der Waals surface area contributed by atoms with E-state index in [1.165, 1.54) is 0 Å². The first-order chi connectivity index (χ1) is 9.10. The number of thioether (sulfide) groups is 1. The van der Waals surface area contributed by atoms with Crippen molar-refractivity contribution in [3.63, 3.8) is 0 Å². The molecule has 0 aromatic carbocycles. The lowest BCUT2D eigenvalue weighted by Crippen LogP contribution is -2.08. The molecule has 102 valence electrons. The second kappa shape index (κ2) is 5.83. The molecule has 2 heterocycles. The Bertz CT molecular complexity index is 579. The summed E-state index contributed by atoms with van der Waals surface area (Å²) in [7, 11) is 0. The van der Waals surface area contributed by atoms with E-state index in [0.29, 0.717) is 29.8 Å². The van der Waals surface area contributed by atoms with Crippen LogP contribution in [0.3, 0.4) is 0 Å². The van der Waals surface area contributed by atoms with Crippen LogP contribution in [0.2, 0.25) is 0 Å². The number of carboxylic acid groups (broad SMARTS) is 1. The average Bonchev–Trinajstić information content (AvgIpc) is 2.94. The fraction of sp³-hybridized carbons (Fsp3) is 0.500. The van der Waals surface area contributed by atoms with Crippen molar-refractivity contribution in [1.82, 2.24) is 24.9 Å². The summed E-state index contributed by atoms with van der Waals surface area (Å²) in [5.41, 5.74) is 0. The maximum atomic E-state index is 10.6. The molecule has 0 atom stereocenters. The molecule has 2 rings (SSSR count). The summed E-state index contributed by atoms with van der Waals surface area (Å²) in [5.74, 6) is 0.806. The smallest absolute Gasteiger partial charge is 0.313 e. The van der Waals surface area contributed by atoms with Crippen molar-refractivity contribution in [2.24, 2.45) is 0 Å². The Labute approximate surface area is 113 Å². The van der Waals surface area contributed by atoms with E-state index in [4.69, 9.17) is 9.63 Å². The molecule has 8 nitrogen and oxygen atoms in total. The molecular formula is C10H13N5O3S. The minimum absolute atomic E-state index is 0.0624. The minimum atomic E-state index is -0.895. The van der Waals surface area contributed by atoms with Gasteiger partial charge in [0, 0.05) is 13.3 Å². The Morgan fingerprint density at radius 2 is 2.26 bits per heavy atom. The molecule has 0 bridgehead atoms. The first kappa shape index (κ1) is 13.5. The SMILES string of the molecule is CCc1nnc(SCC(=O)O)n1Cc1noc(C)n1. The molecule has 1 N–H and O–H groups in total. The Kier molecular flexibility index (Phi) is 4.15. The highest BCUT2D eigenvalue weighted by atomic mass is 32.2. The lowest BCUT2D eigenvalue weighted by Gasteiger charge is -2.05. The number of carboxylic acids is 1. The summed E-state index contributed by atoms with van der Waals surface area (Å²) in [6.45, 7) is 4.03. The predicted molar refractivity (Wildman–Crippen MR) is 65.9 cm³/mol. The molecule has 9 heteroatoms. The molecule has 2 aromatic rings. The second-order valence-electron chi connectivity index (χ2n) is 3.75. The van der Waals surface area contributed by atoms with Gasteiger partial charge in [-0.15, -0.1) is 10.2 Å². The molecule has 0 aliphatic rings. The van der Waals surface area contributed by atoms with Crippen molar-refractivity contribution in [1.29, 1.82) is 0 Å². The van der Waals surface area contributed by atoms with Crippen LogP contribution in [0.4, 0.5) is 0 Å². The van der Waals surface area contributed by atoms with Gasteiger partial charge in [0.15, 0.2) is 11.0 Å². The number of rotatable bonds is 6. The van der Waals surface area contributed by atoms with E-state index in [0.717, 1.165) is 17.6 Å². The molecule has 0 saturated heterocycles. The fourth-order valence-electron chi connectivity index (χ4n) is 1.52. The lowest BCUT2D eigenvalue weighted by atomic mass is 10.4. The molecule has 19 heavy (non-hydrogen) atoms. The van der Waals surface area contributed by atoms with Gasteiger partial charge in [-0.1, -0.05) is 23.8 Å². The summed E-state index contributed by atoms with van der Waals surface area (Å²) in [6, 6.07) is 0. The number of hydrogen-bond donors (Lipinski definition) is 1. The average molecular weight is 283 g/mol. The summed E-state index contributed by atoms with van der Waals surface area (Å²) in [6.07, 6.45) is 0.692. The Hall–Kier alpha value is -1.90. The highest BCUT2D eigenvalue weighted by Gasteiger charge is 2.15. The fourth-order valence-corrected chi connectivity index (χ4v) is 2.20. The van der Waals surface area contributed by atoms with E-state index in [-0.39, 0.29) is 5.75 Å². The van der Waals surface area contributed by atoms with E-state index < -0.39 is 5.97 Å². The predicted octanol–water partition coefficient (Wildman–Crippen LogP) is 0.757. The van der Waals surface area contributed by atoms with E-state index in [9.17, 15) is 4.79 Å². The van der Waals surface area contributed by atoms with Crippen molar-refractivity contribution in [3.8, 4) is 0 Å². The maximum absolute atomic E-state index is 10.6. The van der Waals surface area contributed by atoms with Crippen molar-refractivity contribution in [3.05, 3.63) is 17.5 Å². The van der Waals surface area contributed by atoms with Crippen molar-refractivity contribution in [2.45, 2.75) is 32.0 Å². The van der Waals surface area contributed by atoms with Gasteiger partial charge in [-0.3, -0.25) is 9.36 Å². The van der Waals surface area contributed by atoms with Crippen LogP contribution < -0.4 is 0 Å². The molecule has 0 saturated carbocycles. The van der Waals surface area contributed by atoms with Gasteiger partial charge in [0.2, 0.25) is 5.89 Å². The number of hydrogen-bond acceptors (Lipinski definition) is 7. The third-order valence-corrected chi connectivity index (χ3v) is 3.26. The zero-order valence-corrected chi connectivity index (χ0v) is 11.3. The van der Waals surface area contributed by atoms with Crippen LogP contribution in [0.25, 0.3) is 0 Å². The standard InChI is InChI=1S/C10H13N5O3S/c1-3-8-12-13-10(19-5-9(16)17)15(8)4-7-11-6(2)18-14-7/h3-5H2,1-2H3,(H,16,17). The minimum Gasteiger partial charge on any atom is -0.481 e. The molecule has 2 aromatic heterocycles. The second-order valence-corrected chi connectivity index (χ2v) is 4.69. The first-order valence-corrected chi connectivity index (χ1v) is 6.64. The monoisotopic (exact) mass is 283 g/mol. The van der Waals surface area contributed by atoms with Gasteiger partial charge in [-0.25, -0.2) is 0 Å². The van der Waals surface area contributed by atoms with Crippen LogP contribution >= 0.6 is 11.8 Å². The zero-order valence-electron chi connectivity index (χ0n) is 10.5. The van der Waals surface area contributed by atoms with Crippen LogP contribution in [-0.4, -0.2) is 41.7 Å². The Morgan fingerprint density at radius 3 is 2.84 bits per heavy atom. The van der Waals surface area contributed by atoms with Gasteiger partial charge in [0.05, 0.1) is 12.3 Å². The Morgan fingerprint density at radius 1 is 1.47 bits per heavy atom. The van der Waals surface area contributed by atoms with Gasteiger partial charge >= 0.3 is 5.97 Å². The molecule has 0 radical (unpaired) electrons. The van der Waals surface area contributed by atoms with Crippen LogP contribution in [0.1, 0.15) is 24.5 Å². The lowest BCUT2D eigenvalue weighted by molar-refractivity contribution is -0.133. The quantitative estimate of drug-likeness (QED) is 0.774. The van der Waals surface area contributed by atoms with E-state index in [2.05, 4.69) is 20.3 Å². The van der Waals surface area contributed by atoms with Crippen LogP contribution in [-0.2, 0) is 17.8 Å². The largest absolute Gasteiger partial charge is 0.481 e. The molecule has 0 unspecified atom stereocenters. The molecule has 0 spiro atoms. The zero-order chi connectivity index (χ0) is 13.8. The van der Waals surface area contributed by atoms with Gasteiger partial charge in [-0.2, -0.15) is 4.98 Å². The Balaban J connectivity index is 2.20. The summed E-state index contributed by atoms with van der Waals surface area (Å²) in [5, 5.41) is 21.1. The number of aliphatic carboxylic acids is 1. The number of nitrogens with zero attached hydrogens (tertiary/aromatic N) is 5. The van der Waals surface area contributed by atoms with Crippen LogP contribution in [0.15, 0.2) is 9.68 Å². The molecule has 0 amide bonds. The van der Waals surface area contributed by atoms with E-state index >= 15 is 0 Å². The number of aryl methyl sites for hydroxylation is 2. The topological polar surface area (TPSA) is 107 Å². The van der Waals surface area contributed by atoms with Gasteiger partial charge < -0.3 is 9.63 Å². The van der Waals surface area contributed by atoms with Crippen LogP contribution in [0.5, 0.6) is 0 Å². The van der Waals surface area contributed by atoms with E-state index in [1.807, 2.05) is 6.92 Å². The number of aromatic nitrogens is 5. The van der Waals surface area contributed by atoms with Crippen LogP contribution in [0, 0.1) is 6.92 Å². The summed E-state index contributed by atoms with van der Waals surface area (Å²) >= 11 is 1.12. The number of carbonyl (C=O) groups is 1. The highest BCUT2D eigenvalue weighted by molar-refractivity contribution is 7.99. The van der Waals surface area contributed by atoms with Crippen molar-refractivity contribution >= 4 is 17.7 Å². The normalized spacial score (nSPS) is 10.8. The highest BCUT2D eigenvalue weighted by Crippen LogP contribution is 2.18. The van der Waals surface area contributed by atoms with Gasteiger partial charge in [0.25, 0.3) is 0 Å². The summed E-state index contributed by atoms with van der Waals surface area (Å²) in [4.78, 5) is 14.7. The molecule has 0 fully saturated rings. The third-order valence-electron chi connectivity index (χ3n) is 2.30.